The summed E-state index contributed by atoms with van der Waals surface area (Å²) in [6.07, 6.45) is 3.64. The molecule has 0 unspecified atom stereocenters. The molecular formula is C13H20N2O4S. The number of carbonyl (C=O) groups is 3. The van der Waals surface area contributed by atoms with Crippen LogP contribution in [0.25, 0.3) is 0 Å². The van der Waals surface area contributed by atoms with Crippen molar-refractivity contribution >= 4 is 29.5 Å². The molecule has 0 aromatic rings. The van der Waals surface area contributed by atoms with E-state index in [1.54, 1.807) is 7.05 Å². The molecule has 7 heteroatoms. The Morgan fingerprint density at radius 1 is 1.35 bits per heavy atom. The monoisotopic (exact) mass is 300 g/mol. The molecule has 2 aliphatic rings. The second-order valence-corrected chi connectivity index (χ2v) is 6.37. The van der Waals surface area contributed by atoms with Gasteiger partial charge in [0, 0.05) is 7.05 Å². The predicted molar refractivity (Wildman–Crippen MR) is 75.3 cm³/mol. The Morgan fingerprint density at radius 3 is 2.50 bits per heavy atom. The van der Waals surface area contributed by atoms with Gasteiger partial charge in [0.2, 0.25) is 11.8 Å². The predicted octanol–water partition coefficient (Wildman–Crippen LogP) is 0.765. The molecule has 1 aliphatic carbocycles. The van der Waals surface area contributed by atoms with Gasteiger partial charge in [-0.15, -0.1) is 11.8 Å². The molecule has 0 spiro atoms. The van der Waals surface area contributed by atoms with Crippen LogP contribution in [-0.4, -0.2) is 63.5 Å². The van der Waals surface area contributed by atoms with Gasteiger partial charge in [-0.3, -0.25) is 9.59 Å². The van der Waals surface area contributed by atoms with Crippen LogP contribution in [0, 0.1) is 0 Å². The van der Waals surface area contributed by atoms with Gasteiger partial charge in [0.25, 0.3) is 0 Å². The summed E-state index contributed by atoms with van der Waals surface area (Å²) in [5.41, 5.74) is -1.09. The van der Waals surface area contributed by atoms with Crippen LogP contribution < -0.4 is 0 Å². The first-order valence-electron chi connectivity index (χ1n) is 6.83. The van der Waals surface area contributed by atoms with Crippen molar-refractivity contribution in [3.8, 4) is 0 Å². The summed E-state index contributed by atoms with van der Waals surface area (Å²) in [5.74, 6) is -0.357. The molecule has 20 heavy (non-hydrogen) atoms. The lowest BCUT2D eigenvalue weighted by atomic mass is 9.80. The van der Waals surface area contributed by atoms with Crippen molar-refractivity contribution in [2.24, 2.45) is 0 Å². The van der Waals surface area contributed by atoms with Gasteiger partial charge in [-0.05, 0) is 12.8 Å². The smallest absolute Gasteiger partial charge is 0.329 e. The average molecular weight is 300 g/mol. The lowest BCUT2D eigenvalue weighted by molar-refractivity contribution is -0.161. The molecule has 2 rings (SSSR count). The fourth-order valence-electron chi connectivity index (χ4n) is 2.88. The molecule has 0 aromatic heterocycles. The maximum absolute atomic E-state index is 12.3. The first-order valence-corrected chi connectivity index (χ1v) is 7.98. The number of thioether (sulfide) groups is 1. The second-order valence-electron chi connectivity index (χ2n) is 5.42. The Labute approximate surface area is 122 Å². The van der Waals surface area contributed by atoms with Gasteiger partial charge < -0.3 is 14.9 Å². The average Bonchev–Trinajstić information content (AvgIpc) is 2.84. The number of likely N-dealkylation sites (N-methyl/N-ethyl adjacent to an activating group) is 1. The van der Waals surface area contributed by atoms with Gasteiger partial charge in [-0.2, -0.15) is 0 Å². The minimum absolute atomic E-state index is 0.0165. The summed E-state index contributed by atoms with van der Waals surface area (Å²) >= 11 is 1.47. The van der Waals surface area contributed by atoms with Crippen LogP contribution in [0.15, 0.2) is 0 Å². The van der Waals surface area contributed by atoms with Crippen LogP contribution in [0.4, 0.5) is 0 Å². The number of carbonyl (C=O) groups excluding carboxylic acids is 2. The Balaban J connectivity index is 2.07. The van der Waals surface area contributed by atoms with Gasteiger partial charge in [-0.25, -0.2) is 4.79 Å². The zero-order valence-electron chi connectivity index (χ0n) is 11.6. The van der Waals surface area contributed by atoms with E-state index in [1.807, 2.05) is 0 Å². The van der Waals surface area contributed by atoms with Crippen molar-refractivity contribution in [3.05, 3.63) is 0 Å². The van der Waals surface area contributed by atoms with E-state index in [2.05, 4.69) is 0 Å². The lowest BCUT2D eigenvalue weighted by Gasteiger charge is -2.41. The molecule has 0 aromatic carbocycles. The lowest BCUT2D eigenvalue weighted by Crippen LogP contribution is -2.58. The van der Waals surface area contributed by atoms with Crippen LogP contribution >= 0.6 is 11.8 Å². The maximum Gasteiger partial charge on any atom is 0.329 e. The highest BCUT2D eigenvalue weighted by molar-refractivity contribution is 8.00. The summed E-state index contributed by atoms with van der Waals surface area (Å²) in [6, 6.07) is 0. The molecule has 1 heterocycles. The van der Waals surface area contributed by atoms with Crippen molar-refractivity contribution < 1.29 is 19.5 Å². The highest BCUT2D eigenvalue weighted by atomic mass is 32.2. The third kappa shape index (κ3) is 2.77. The van der Waals surface area contributed by atoms with Gasteiger partial charge in [-0.1, -0.05) is 19.3 Å². The molecule has 0 atom stereocenters. The topological polar surface area (TPSA) is 77.9 Å². The molecule has 1 aliphatic heterocycles. The molecule has 1 N–H and O–H groups in total. The highest BCUT2D eigenvalue weighted by Gasteiger charge is 2.45. The largest absolute Gasteiger partial charge is 0.479 e. The van der Waals surface area contributed by atoms with Gasteiger partial charge in [0.15, 0.2) is 0 Å². The maximum atomic E-state index is 12.3. The number of carboxylic acid groups (broad SMARTS) is 1. The van der Waals surface area contributed by atoms with Crippen molar-refractivity contribution in [3.63, 3.8) is 0 Å². The Morgan fingerprint density at radius 2 is 2.00 bits per heavy atom. The third-order valence-electron chi connectivity index (χ3n) is 4.25. The van der Waals surface area contributed by atoms with Crippen molar-refractivity contribution in [1.82, 2.24) is 9.80 Å². The minimum atomic E-state index is -1.09. The van der Waals surface area contributed by atoms with Crippen LogP contribution in [0.1, 0.15) is 32.1 Å². The summed E-state index contributed by atoms with van der Waals surface area (Å²) in [6.45, 7) is -0.0165. The molecule has 2 amide bonds. The quantitative estimate of drug-likeness (QED) is 0.829. The first-order chi connectivity index (χ1) is 9.47. The van der Waals surface area contributed by atoms with E-state index in [-0.39, 0.29) is 18.4 Å². The molecule has 0 bridgehead atoms. The third-order valence-corrected chi connectivity index (χ3v) is 5.19. The van der Waals surface area contributed by atoms with E-state index in [1.165, 1.54) is 21.6 Å². The van der Waals surface area contributed by atoms with Crippen molar-refractivity contribution in [1.29, 1.82) is 0 Å². The zero-order valence-corrected chi connectivity index (χ0v) is 12.4. The number of carboxylic acids is 1. The van der Waals surface area contributed by atoms with Crippen LogP contribution in [-0.2, 0) is 14.4 Å². The van der Waals surface area contributed by atoms with E-state index in [0.29, 0.717) is 24.5 Å². The van der Waals surface area contributed by atoms with E-state index in [0.717, 1.165) is 19.3 Å². The molecule has 1 saturated heterocycles. The molecule has 1 saturated carbocycles. The molecule has 112 valence electrons. The number of hydrogen-bond acceptors (Lipinski definition) is 4. The van der Waals surface area contributed by atoms with Gasteiger partial charge in [0.05, 0.1) is 11.6 Å². The molecular weight excluding hydrogens is 280 g/mol. The van der Waals surface area contributed by atoms with Crippen LogP contribution in [0.5, 0.6) is 0 Å². The minimum Gasteiger partial charge on any atom is -0.479 e. The number of hydrogen-bond donors (Lipinski definition) is 1. The number of aliphatic carboxylic acids is 1. The van der Waals surface area contributed by atoms with Crippen LogP contribution in [0.3, 0.4) is 0 Å². The van der Waals surface area contributed by atoms with Gasteiger partial charge in [0.1, 0.15) is 12.1 Å². The Hall–Kier alpha value is -1.24. The number of amides is 2. The molecule has 2 fully saturated rings. The summed E-state index contributed by atoms with van der Waals surface area (Å²) < 4.78 is 0. The fourth-order valence-corrected chi connectivity index (χ4v) is 3.78. The molecule has 0 radical (unpaired) electrons. The Bertz CT molecular complexity index is 421. The fraction of sp³-hybridized carbons (Fsp3) is 0.769. The van der Waals surface area contributed by atoms with Crippen molar-refractivity contribution in [2.45, 2.75) is 37.6 Å². The summed E-state index contributed by atoms with van der Waals surface area (Å²) in [4.78, 5) is 38.3. The zero-order chi connectivity index (χ0) is 14.8. The normalized spacial score (nSPS) is 21.9. The standard InChI is InChI=1S/C13H20N2O4S/c1-14(10(16)7-15-9-20-8-11(15)17)13(12(18)19)5-3-2-4-6-13/h2-9H2,1H3,(H,18,19). The van der Waals surface area contributed by atoms with E-state index < -0.39 is 11.5 Å². The van der Waals surface area contributed by atoms with Crippen LogP contribution in [0.2, 0.25) is 0 Å². The Kier molecular flexibility index (Phi) is 4.57. The molecule has 6 nitrogen and oxygen atoms in total. The summed E-state index contributed by atoms with van der Waals surface area (Å²) in [7, 11) is 1.55. The van der Waals surface area contributed by atoms with E-state index in [9.17, 15) is 19.5 Å². The first kappa shape index (κ1) is 15.2. The SMILES string of the molecule is CN(C(=O)CN1CSCC1=O)C1(C(=O)O)CCCCC1. The van der Waals surface area contributed by atoms with Crippen molar-refractivity contribution in [2.75, 3.05) is 25.2 Å². The van der Waals surface area contributed by atoms with E-state index >= 15 is 0 Å². The number of nitrogens with zero attached hydrogens (tertiary/aromatic N) is 2. The highest BCUT2D eigenvalue weighted by Crippen LogP contribution is 2.33. The second kappa shape index (κ2) is 6.03. The van der Waals surface area contributed by atoms with E-state index in [4.69, 9.17) is 0 Å². The number of rotatable bonds is 4. The summed E-state index contributed by atoms with van der Waals surface area (Å²) in [5, 5.41) is 9.54. The van der Waals surface area contributed by atoms with Gasteiger partial charge >= 0.3 is 5.97 Å².